The summed E-state index contributed by atoms with van der Waals surface area (Å²) in [5, 5.41) is 0. The van der Waals surface area contributed by atoms with Crippen molar-refractivity contribution in [2.24, 2.45) is 0 Å². The molecular weight excluding hydrogens is 146 g/mol. The van der Waals surface area contributed by atoms with Gasteiger partial charge in [0.25, 0.3) is 0 Å². The Labute approximate surface area is 76.5 Å². The minimum absolute atomic E-state index is 0.323. The summed E-state index contributed by atoms with van der Waals surface area (Å²) in [4.78, 5) is 2.57. The normalized spacial score (nSPS) is 24.9. The van der Waals surface area contributed by atoms with Crippen molar-refractivity contribution in [3.05, 3.63) is 12.2 Å². The zero-order chi connectivity index (χ0) is 9.35. The van der Waals surface area contributed by atoms with Crippen molar-refractivity contribution < 1.29 is 0 Å². The van der Waals surface area contributed by atoms with E-state index in [0.717, 1.165) is 6.42 Å². The lowest BCUT2D eigenvalue weighted by Crippen LogP contribution is -2.51. The molecule has 12 heavy (non-hydrogen) atoms. The summed E-state index contributed by atoms with van der Waals surface area (Å²) in [5.41, 5.74) is 1.74. The Morgan fingerprint density at radius 3 is 2.42 bits per heavy atom. The molecule has 1 heterocycles. The molecule has 0 bridgehead atoms. The van der Waals surface area contributed by atoms with E-state index in [4.69, 9.17) is 0 Å². The average Bonchev–Trinajstić information content (AvgIpc) is 1.82. The summed E-state index contributed by atoms with van der Waals surface area (Å²) in [7, 11) is 0. The monoisotopic (exact) mass is 167 g/mol. The molecule has 0 aromatic carbocycles. The second-order valence-corrected chi connectivity index (χ2v) is 4.78. The molecule has 1 nitrogen and oxygen atoms in total. The van der Waals surface area contributed by atoms with E-state index in [1.165, 1.54) is 18.5 Å². The zero-order valence-electron chi connectivity index (χ0n) is 8.85. The second kappa shape index (κ2) is 3.21. The minimum atomic E-state index is 0.323. The minimum Gasteiger partial charge on any atom is -0.295 e. The Hall–Kier alpha value is -0.300. The first-order valence-corrected chi connectivity index (χ1v) is 4.87. The first-order valence-electron chi connectivity index (χ1n) is 4.87. The van der Waals surface area contributed by atoms with Crippen molar-refractivity contribution in [1.82, 2.24) is 4.90 Å². The van der Waals surface area contributed by atoms with Gasteiger partial charge in [0.1, 0.15) is 0 Å². The van der Waals surface area contributed by atoms with Gasteiger partial charge in [-0.1, -0.05) is 12.2 Å². The van der Waals surface area contributed by atoms with Gasteiger partial charge in [-0.3, -0.25) is 4.90 Å². The maximum Gasteiger partial charge on any atom is 0.0193 e. The van der Waals surface area contributed by atoms with Crippen molar-refractivity contribution >= 4 is 0 Å². The van der Waals surface area contributed by atoms with E-state index in [9.17, 15) is 0 Å². The molecule has 70 valence electrons. The van der Waals surface area contributed by atoms with Gasteiger partial charge in [-0.15, -0.1) is 0 Å². The summed E-state index contributed by atoms with van der Waals surface area (Å²) >= 11 is 0. The molecule has 1 aliphatic rings. The fourth-order valence-corrected chi connectivity index (χ4v) is 2.34. The van der Waals surface area contributed by atoms with Crippen molar-refractivity contribution in [3.63, 3.8) is 0 Å². The van der Waals surface area contributed by atoms with E-state index < -0.39 is 0 Å². The van der Waals surface area contributed by atoms with E-state index >= 15 is 0 Å². The van der Waals surface area contributed by atoms with E-state index in [0.29, 0.717) is 11.6 Å². The summed E-state index contributed by atoms with van der Waals surface area (Å²) < 4.78 is 0. The topological polar surface area (TPSA) is 3.24 Å². The second-order valence-electron chi connectivity index (χ2n) is 4.78. The van der Waals surface area contributed by atoms with Gasteiger partial charge >= 0.3 is 0 Å². The van der Waals surface area contributed by atoms with Crippen LogP contribution < -0.4 is 0 Å². The maximum absolute atomic E-state index is 4.08. The number of rotatable bonds is 1. The van der Waals surface area contributed by atoms with Gasteiger partial charge in [0.15, 0.2) is 0 Å². The molecule has 1 rings (SSSR count). The lowest BCUT2D eigenvalue weighted by atomic mass is 9.86. The number of hydrogen-bond donors (Lipinski definition) is 0. The standard InChI is InChI=1S/C11H21N/c1-9(2)12-7-6-10(3)8-11(12,4)5/h9H,3,6-8H2,1-2,4-5H3. The highest BCUT2D eigenvalue weighted by atomic mass is 15.2. The number of hydrogen-bond acceptors (Lipinski definition) is 1. The van der Waals surface area contributed by atoms with Crippen LogP contribution in [0.4, 0.5) is 0 Å². The van der Waals surface area contributed by atoms with Gasteiger partial charge in [0, 0.05) is 18.1 Å². The van der Waals surface area contributed by atoms with Gasteiger partial charge in [-0.25, -0.2) is 0 Å². The number of likely N-dealkylation sites (tertiary alicyclic amines) is 1. The fraction of sp³-hybridized carbons (Fsp3) is 0.818. The summed E-state index contributed by atoms with van der Waals surface area (Å²) in [6.45, 7) is 14.4. The van der Waals surface area contributed by atoms with Crippen LogP contribution in [0.2, 0.25) is 0 Å². The lowest BCUT2D eigenvalue weighted by Gasteiger charge is -2.45. The molecule has 0 aromatic heterocycles. The quantitative estimate of drug-likeness (QED) is 0.543. The zero-order valence-corrected chi connectivity index (χ0v) is 8.85. The van der Waals surface area contributed by atoms with Crippen LogP contribution in [0, 0.1) is 0 Å². The van der Waals surface area contributed by atoms with Gasteiger partial charge < -0.3 is 0 Å². The van der Waals surface area contributed by atoms with Crippen molar-refractivity contribution in [3.8, 4) is 0 Å². The molecule has 1 aliphatic heterocycles. The van der Waals surface area contributed by atoms with E-state index in [1.807, 2.05) is 0 Å². The van der Waals surface area contributed by atoms with Crippen LogP contribution >= 0.6 is 0 Å². The maximum atomic E-state index is 4.08. The van der Waals surface area contributed by atoms with Crippen LogP contribution in [0.5, 0.6) is 0 Å². The SMILES string of the molecule is C=C1CCN(C(C)C)C(C)(C)C1. The Kier molecular flexibility index (Phi) is 2.62. The van der Waals surface area contributed by atoms with Crippen LogP contribution in [-0.4, -0.2) is 23.0 Å². The highest BCUT2D eigenvalue weighted by Gasteiger charge is 2.32. The van der Waals surface area contributed by atoms with Gasteiger partial charge in [-0.05, 0) is 40.5 Å². The third-order valence-electron chi connectivity index (χ3n) is 2.79. The third kappa shape index (κ3) is 1.89. The number of nitrogens with zero attached hydrogens (tertiary/aromatic N) is 1. The Morgan fingerprint density at radius 1 is 1.42 bits per heavy atom. The van der Waals surface area contributed by atoms with Gasteiger partial charge in [-0.2, -0.15) is 0 Å². The Bertz CT molecular complexity index is 179. The van der Waals surface area contributed by atoms with Crippen LogP contribution in [0.15, 0.2) is 12.2 Å². The Morgan fingerprint density at radius 2 is 2.00 bits per heavy atom. The molecule has 0 spiro atoms. The van der Waals surface area contributed by atoms with Crippen LogP contribution in [-0.2, 0) is 0 Å². The molecule has 0 amide bonds. The molecule has 0 saturated carbocycles. The highest BCUT2D eigenvalue weighted by Crippen LogP contribution is 2.31. The number of piperidine rings is 1. The first kappa shape index (κ1) is 9.79. The molecular formula is C11H21N. The van der Waals surface area contributed by atoms with Crippen LogP contribution in [0.3, 0.4) is 0 Å². The van der Waals surface area contributed by atoms with Gasteiger partial charge in [0.05, 0.1) is 0 Å². The molecule has 0 atom stereocenters. The molecule has 0 aromatic rings. The summed E-state index contributed by atoms with van der Waals surface area (Å²) in [6, 6.07) is 0.660. The lowest BCUT2D eigenvalue weighted by molar-refractivity contribution is 0.0672. The van der Waals surface area contributed by atoms with Crippen molar-refractivity contribution in [2.75, 3.05) is 6.54 Å². The summed E-state index contributed by atoms with van der Waals surface area (Å²) in [6.07, 6.45) is 2.34. The molecule has 0 unspecified atom stereocenters. The van der Waals surface area contributed by atoms with Crippen molar-refractivity contribution in [1.29, 1.82) is 0 Å². The third-order valence-corrected chi connectivity index (χ3v) is 2.79. The fourth-order valence-electron chi connectivity index (χ4n) is 2.34. The largest absolute Gasteiger partial charge is 0.295 e. The molecule has 0 radical (unpaired) electrons. The summed E-state index contributed by atoms with van der Waals surface area (Å²) in [5.74, 6) is 0. The van der Waals surface area contributed by atoms with E-state index in [1.54, 1.807) is 0 Å². The smallest absolute Gasteiger partial charge is 0.0193 e. The molecule has 0 N–H and O–H groups in total. The van der Waals surface area contributed by atoms with Crippen LogP contribution in [0.1, 0.15) is 40.5 Å². The molecule has 1 saturated heterocycles. The Balaban J connectivity index is 2.70. The first-order chi connectivity index (χ1) is 5.43. The molecule has 0 aliphatic carbocycles. The van der Waals surface area contributed by atoms with Gasteiger partial charge in [0.2, 0.25) is 0 Å². The molecule has 1 heteroatoms. The predicted octanol–water partition coefficient (Wildman–Crippen LogP) is 2.83. The molecule has 1 fully saturated rings. The average molecular weight is 167 g/mol. The van der Waals surface area contributed by atoms with Crippen molar-refractivity contribution in [2.45, 2.75) is 52.1 Å². The van der Waals surface area contributed by atoms with E-state index in [-0.39, 0.29) is 0 Å². The highest BCUT2D eigenvalue weighted by molar-refractivity contribution is 5.07. The van der Waals surface area contributed by atoms with E-state index in [2.05, 4.69) is 39.2 Å². The van der Waals surface area contributed by atoms with Crippen LogP contribution in [0.25, 0.3) is 0 Å². The predicted molar refractivity (Wildman–Crippen MR) is 54.3 cm³/mol.